The number of benzene rings is 1. The smallest absolute Gasteiger partial charge is 0.221 e. The quantitative estimate of drug-likeness (QED) is 0.729. The molecule has 0 aromatic heterocycles. The molecule has 1 rings (SSSR count). The highest BCUT2D eigenvalue weighted by molar-refractivity contribution is 7.90. The fourth-order valence-electron chi connectivity index (χ4n) is 0.385. The van der Waals surface area contributed by atoms with Crippen LogP contribution in [0.3, 0.4) is 0 Å². The summed E-state index contributed by atoms with van der Waals surface area (Å²) in [5.41, 5.74) is -5.31. The summed E-state index contributed by atoms with van der Waals surface area (Å²) >= 11 is 0. The zero-order valence-electron chi connectivity index (χ0n) is 6.90. The molecule has 0 unspecified atom stereocenters. The molecule has 0 aliphatic rings. The van der Waals surface area contributed by atoms with Crippen LogP contribution < -0.4 is 5.14 Å². The molecular weight excluding hydrogens is 219 g/mol. The standard InChI is InChI=1S/C6H6.CH2F3NO2S/c1-2-4-6-5-3-1;2-1(3,4)8(5,6)7/h1-6H;(H2,5,6,7). The highest BCUT2D eigenvalue weighted by atomic mass is 32.2. The number of hydrogen-bond donors (Lipinski definition) is 1. The number of nitrogens with two attached hydrogens (primary N) is 1. The first kappa shape index (κ1) is 12.9. The molecule has 0 spiro atoms. The van der Waals surface area contributed by atoms with Gasteiger partial charge in [-0.05, 0) is 0 Å². The summed E-state index contributed by atoms with van der Waals surface area (Å²) in [5.74, 6) is 0. The van der Waals surface area contributed by atoms with E-state index < -0.39 is 15.5 Å². The lowest BCUT2D eigenvalue weighted by atomic mass is 10.4. The maximum Gasteiger partial charge on any atom is 0.511 e. The molecule has 1 aromatic rings. The molecule has 2 N–H and O–H groups in total. The molecule has 0 radical (unpaired) electrons. The molecule has 80 valence electrons. The van der Waals surface area contributed by atoms with Crippen molar-refractivity contribution in [2.75, 3.05) is 0 Å². The van der Waals surface area contributed by atoms with E-state index in [-0.39, 0.29) is 0 Å². The van der Waals surface area contributed by atoms with Gasteiger partial charge in [0.05, 0.1) is 0 Å². The van der Waals surface area contributed by atoms with Gasteiger partial charge in [-0.2, -0.15) is 13.2 Å². The number of hydrogen-bond acceptors (Lipinski definition) is 2. The summed E-state index contributed by atoms with van der Waals surface area (Å²) in [7, 11) is -5.34. The van der Waals surface area contributed by atoms with E-state index >= 15 is 0 Å². The Balaban J connectivity index is 0.000000249. The van der Waals surface area contributed by atoms with Gasteiger partial charge in [0.15, 0.2) is 0 Å². The molecule has 0 amide bonds. The van der Waals surface area contributed by atoms with Gasteiger partial charge in [0, 0.05) is 0 Å². The molecule has 0 heterocycles. The van der Waals surface area contributed by atoms with Gasteiger partial charge in [0.1, 0.15) is 0 Å². The van der Waals surface area contributed by atoms with E-state index in [9.17, 15) is 21.6 Å². The third-order valence-electron chi connectivity index (χ3n) is 0.989. The highest BCUT2D eigenvalue weighted by Gasteiger charge is 2.42. The van der Waals surface area contributed by atoms with E-state index in [1.54, 1.807) is 0 Å². The maximum atomic E-state index is 10.8. The second kappa shape index (κ2) is 4.97. The van der Waals surface area contributed by atoms with Crippen LogP contribution in [0.4, 0.5) is 13.2 Å². The van der Waals surface area contributed by atoms with Gasteiger partial charge < -0.3 is 0 Å². The Morgan fingerprint density at radius 3 is 1.07 bits per heavy atom. The minimum Gasteiger partial charge on any atom is -0.221 e. The Bertz CT molecular complexity index is 320. The van der Waals surface area contributed by atoms with Crippen LogP contribution >= 0.6 is 0 Å². The van der Waals surface area contributed by atoms with Gasteiger partial charge >= 0.3 is 15.5 Å². The lowest BCUT2D eigenvalue weighted by molar-refractivity contribution is -0.0436. The molecule has 1 aromatic carbocycles. The summed E-state index contributed by atoms with van der Waals surface area (Å²) in [6, 6.07) is 12.0. The lowest BCUT2D eigenvalue weighted by Crippen LogP contribution is -2.30. The first-order valence-corrected chi connectivity index (χ1v) is 4.89. The van der Waals surface area contributed by atoms with Crippen LogP contribution in [0.5, 0.6) is 0 Å². The summed E-state index contributed by atoms with van der Waals surface area (Å²) in [6.07, 6.45) is 0. The topological polar surface area (TPSA) is 60.2 Å². The largest absolute Gasteiger partial charge is 0.511 e. The Hall–Kier alpha value is -1.08. The third kappa shape index (κ3) is 5.55. The van der Waals surface area contributed by atoms with Gasteiger partial charge in [-0.3, -0.25) is 0 Å². The monoisotopic (exact) mass is 227 g/mol. The average Bonchev–Trinajstić information content (AvgIpc) is 2.05. The minimum absolute atomic E-state index is 2.00. The predicted octanol–water partition coefficient (Wildman–Crippen LogP) is 1.48. The second-order valence-corrected chi connectivity index (χ2v) is 3.70. The van der Waals surface area contributed by atoms with Crippen molar-refractivity contribution in [3.8, 4) is 0 Å². The second-order valence-electron chi connectivity index (χ2n) is 2.15. The van der Waals surface area contributed by atoms with E-state index in [1.165, 1.54) is 0 Å². The SMILES string of the molecule is NS(=O)(=O)C(F)(F)F.c1ccccc1. The number of alkyl halides is 3. The van der Waals surface area contributed by atoms with E-state index in [1.807, 2.05) is 36.4 Å². The van der Waals surface area contributed by atoms with Crippen molar-refractivity contribution in [1.29, 1.82) is 0 Å². The maximum absolute atomic E-state index is 10.8. The number of halogens is 3. The predicted molar refractivity (Wildman–Crippen MR) is 45.6 cm³/mol. The zero-order chi connectivity index (χ0) is 11.2. The molecule has 0 saturated heterocycles. The van der Waals surface area contributed by atoms with Crippen LogP contribution in [0.15, 0.2) is 36.4 Å². The number of primary sulfonamides is 1. The highest BCUT2D eigenvalue weighted by Crippen LogP contribution is 2.18. The van der Waals surface area contributed by atoms with E-state index in [0.717, 1.165) is 0 Å². The molecule has 0 aliphatic heterocycles. The molecule has 0 atom stereocenters. The van der Waals surface area contributed by atoms with Crippen molar-refractivity contribution in [3.63, 3.8) is 0 Å². The summed E-state index contributed by atoms with van der Waals surface area (Å²) in [6.45, 7) is 0. The van der Waals surface area contributed by atoms with Gasteiger partial charge in [0.2, 0.25) is 0 Å². The molecule has 0 aliphatic carbocycles. The summed E-state index contributed by atoms with van der Waals surface area (Å²) in [4.78, 5) is 0. The van der Waals surface area contributed by atoms with E-state index in [2.05, 4.69) is 5.14 Å². The summed E-state index contributed by atoms with van der Waals surface area (Å²) < 4.78 is 51.2. The van der Waals surface area contributed by atoms with E-state index in [0.29, 0.717) is 0 Å². The first-order chi connectivity index (χ1) is 6.25. The van der Waals surface area contributed by atoms with Crippen molar-refractivity contribution >= 4 is 10.0 Å². The van der Waals surface area contributed by atoms with Crippen molar-refractivity contribution in [1.82, 2.24) is 0 Å². The Labute approximate surface area is 79.4 Å². The van der Waals surface area contributed by atoms with Crippen molar-refractivity contribution < 1.29 is 21.6 Å². The normalized spacial score (nSPS) is 11.4. The van der Waals surface area contributed by atoms with Gasteiger partial charge in [-0.15, -0.1) is 0 Å². The molecule has 7 heteroatoms. The fraction of sp³-hybridized carbons (Fsp3) is 0.143. The Morgan fingerprint density at radius 1 is 0.857 bits per heavy atom. The molecule has 0 bridgehead atoms. The Morgan fingerprint density at radius 2 is 1.00 bits per heavy atom. The summed E-state index contributed by atoms with van der Waals surface area (Å²) in [5, 5.41) is 3.66. The number of rotatable bonds is 0. The van der Waals surface area contributed by atoms with Crippen LogP contribution in [0.2, 0.25) is 0 Å². The fourth-order valence-corrected chi connectivity index (χ4v) is 0.385. The Kier molecular flexibility index (Phi) is 4.58. The molecular formula is C7H8F3NO2S. The van der Waals surface area contributed by atoms with Crippen LogP contribution in [0.1, 0.15) is 0 Å². The lowest BCUT2D eigenvalue weighted by Gasteiger charge is -1.98. The molecule has 3 nitrogen and oxygen atoms in total. The molecule has 0 fully saturated rings. The van der Waals surface area contributed by atoms with Crippen molar-refractivity contribution in [3.05, 3.63) is 36.4 Å². The van der Waals surface area contributed by atoms with E-state index in [4.69, 9.17) is 0 Å². The first-order valence-electron chi connectivity index (χ1n) is 3.34. The zero-order valence-corrected chi connectivity index (χ0v) is 7.72. The third-order valence-corrected chi connectivity index (χ3v) is 1.63. The molecule has 0 saturated carbocycles. The van der Waals surface area contributed by atoms with Gasteiger partial charge in [0.25, 0.3) is 0 Å². The van der Waals surface area contributed by atoms with Crippen LogP contribution in [0, 0.1) is 0 Å². The van der Waals surface area contributed by atoms with Gasteiger partial charge in [-0.25, -0.2) is 13.6 Å². The number of sulfonamides is 1. The van der Waals surface area contributed by atoms with Crippen molar-refractivity contribution in [2.45, 2.75) is 5.51 Å². The van der Waals surface area contributed by atoms with Crippen LogP contribution in [0.25, 0.3) is 0 Å². The average molecular weight is 227 g/mol. The molecule has 14 heavy (non-hydrogen) atoms. The van der Waals surface area contributed by atoms with Gasteiger partial charge in [-0.1, -0.05) is 36.4 Å². The van der Waals surface area contributed by atoms with Crippen LogP contribution in [-0.4, -0.2) is 13.9 Å². The van der Waals surface area contributed by atoms with Crippen molar-refractivity contribution in [2.24, 2.45) is 5.14 Å². The van der Waals surface area contributed by atoms with Crippen LogP contribution in [-0.2, 0) is 10.0 Å². The minimum atomic E-state index is -5.34.